The van der Waals surface area contributed by atoms with E-state index in [0.29, 0.717) is 17.1 Å². The van der Waals surface area contributed by atoms with Crippen molar-refractivity contribution in [2.24, 2.45) is 0 Å². The Balaban J connectivity index is 2.39. The summed E-state index contributed by atoms with van der Waals surface area (Å²) >= 11 is 5.96. The van der Waals surface area contributed by atoms with Crippen LogP contribution in [0.2, 0.25) is 5.02 Å². The number of hydrogen-bond acceptors (Lipinski definition) is 4. The maximum atomic E-state index is 9.30. The minimum Gasteiger partial charge on any atom is -0.400 e. The van der Waals surface area contributed by atoms with Crippen LogP contribution in [0.5, 0.6) is 0 Å². The molecule has 2 rings (SSSR count). The normalized spacial score (nSPS) is 19.7. The molecule has 0 atom stereocenters. The molecule has 1 saturated heterocycles. The zero-order valence-electron chi connectivity index (χ0n) is 14.2. The zero-order valence-corrected chi connectivity index (χ0v) is 15.0. The second-order valence-electron chi connectivity index (χ2n) is 6.68. The van der Waals surface area contributed by atoms with Gasteiger partial charge in [0.15, 0.2) is 0 Å². The van der Waals surface area contributed by atoms with Crippen molar-refractivity contribution in [3.05, 3.63) is 39.8 Å². The largest absolute Gasteiger partial charge is 0.491 e. The number of benzene rings is 1. The van der Waals surface area contributed by atoms with E-state index in [4.69, 9.17) is 20.9 Å². The van der Waals surface area contributed by atoms with Crippen LogP contribution in [-0.2, 0) is 9.31 Å². The SMILES string of the molecule is CNCC(=Cc1ccc(Cl)cc1C#N)B1OC(C)(C)C(C)(C)O1. The number of rotatable bonds is 4. The molecule has 1 N–H and O–H groups in total. The van der Waals surface area contributed by atoms with E-state index in [2.05, 4.69) is 11.4 Å². The first-order valence-corrected chi connectivity index (χ1v) is 7.98. The summed E-state index contributed by atoms with van der Waals surface area (Å²) in [6, 6.07) is 7.45. The highest BCUT2D eigenvalue weighted by Gasteiger charge is 2.52. The van der Waals surface area contributed by atoms with Gasteiger partial charge in [-0.1, -0.05) is 23.7 Å². The van der Waals surface area contributed by atoms with E-state index in [1.807, 2.05) is 46.9 Å². The highest BCUT2D eigenvalue weighted by molar-refractivity contribution is 6.56. The van der Waals surface area contributed by atoms with Gasteiger partial charge in [-0.05, 0) is 57.9 Å². The average Bonchev–Trinajstić information content (AvgIpc) is 2.68. The minimum atomic E-state index is -0.449. The molecule has 1 aliphatic rings. The highest BCUT2D eigenvalue weighted by Crippen LogP contribution is 2.38. The first-order chi connectivity index (χ1) is 10.7. The Morgan fingerprint density at radius 2 is 1.91 bits per heavy atom. The fourth-order valence-electron chi connectivity index (χ4n) is 2.35. The molecule has 1 heterocycles. The first-order valence-electron chi connectivity index (χ1n) is 7.60. The number of nitrogens with zero attached hydrogens (tertiary/aromatic N) is 1. The predicted molar refractivity (Wildman–Crippen MR) is 94.2 cm³/mol. The second kappa shape index (κ2) is 6.66. The Kier molecular flexibility index (Phi) is 5.22. The minimum absolute atomic E-state index is 0.400. The van der Waals surface area contributed by atoms with Crippen molar-refractivity contribution in [1.29, 1.82) is 5.26 Å². The van der Waals surface area contributed by atoms with E-state index < -0.39 is 18.3 Å². The molecule has 0 radical (unpaired) electrons. The standard InChI is InChI=1S/C17H22BClN2O2/c1-16(2)17(3,4)23-18(22-16)14(11-21-5)8-12-6-7-15(19)9-13(12)10-20/h6-9,21H,11H2,1-5H3. The van der Waals surface area contributed by atoms with E-state index in [1.165, 1.54) is 0 Å². The van der Waals surface area contributed by atoms with E-state index in [1.54, 1.807) is 12.1 Å². The average molecular weight is 333 g/mol. The van der Waals surface area contributed by atoms with Crippen LogP contribution in [0.15, 0.2) is 23.7 Å². The van der Waals surface area contributed by atoms with E-state index in [0.717, 1.165) is 11.0 Å². The zero-order chi connectivity index (χ0) is 17.3. The van der Waals surface area contributed by atoms with Crippen LogP contribution in [-0.4, -0.2) is 31.9 Å². The summed E-state index contributed by atoms with van der Waals surface area (Å²) in [5.41, 5.74) is 1.47. The molecule has 1 fully saturated rings. The van der Waals surface area contributed by atoms with Gasteiger partial charge in [-0.15, -0.1) is 0 Å². The third-order valence-corrected chi connectivity index (χ3v) is 4.65. The van der Waals surface area contributed by atoms with Gasteiger partial charge in [0.1, 0.15) is 0 Å². The number of hydrogen-bond donors (Lipinski definition) is 1. The fraction of sp³-hybridized carbons (Fsp3) is 0.471. The van der Waals surface area contributed by atoms with E-state index in [9.17, 15) is 5.26 Å². The lowest BCUT2D eigenvalue weighted by Gasteiger charge is -2.32. The van der Waals surface area contributed by atoms with Crippen LogP contribution in [0.1, 0.15) is 38.8 Å². The first kappa shape index (κ1) is 18.0. The third-order valence-electron chi connectivity index (χ3n) is 4.41. The van der Waals surface area contributed by atoms with Gasteiger partial charge in [-0.2, -0.15) is 5.26 Å². The maximum absolute atomic E-state index is 9.30. The molecule has 0 aliphatic carbocycles. The molecule has 0 aromatic heterocycles. The molecule has 6 heteroatoms. The fourth-order valence-corrected chi connectivity index (χ4v) is 2.52. The summed E-state index contributed by atoms with van der Waals surface area (Å²) in [6.45, 7) is 8.68. The Bertz CT molecular complexity index is 649. The molecular formula is C17H22BClN2O2. The number of likely N-dealkylation sites (N-methyl/N-ethyl adjacent to an activating group) is 1. The Labute approximate surface area is 143 Å². The summed E-state index contributed by atoms with van der Waals surface area (Å²) < 4.78 is 12.2. The molecule has 0 bridgehead atoms. The van der Waals surface area contributed by atoms with Gasteiger partial charge in [0.2, 0.25) is 0 Å². The van der Waals surface area contributed by atoms with Gasteiger partial charge in [-0.3, -0.25) is 0 Å². The summed E-state index contributed by atoms with van der Waals surface area (Å²) in [5.74, 6) is 0. The molecule has 122 valence electrons. The lowest BCUT2D eigenvalue weighted by atomic mass is 9.76. The summed E-state index contributed by atoms with van der Waals surface area (Å²) in [6.07, 6.45) is 1.94. The van der Waals surface area contributed by atoms with Gasteiger partial charge in [0.25, 0.3) is 0 Å². The summed E-state index contributed by atoms with van der Waals surface area (Å²) in [7, 11) is 1.42. The highest BCUT2D eigenvalue weighted by atomic mass is 35.5. The van der Waals surface area contributed by atoms with Crippen molar-refractivity contribution >= 4 is 24.8 Å². The maximum Gasteiger partial charge on any atom is 0.491 e. The molecule has 4 nitrogen and oxygen atoms in total. The molecule has 1 aliphatic heterocycles. The lowest BCUT2D eigenvalue weighted by Crippen LogP contribution is -2.41. The molecular weight excluding hydrogens is 310 g/mol. The molecule has 1 aromatic carbocycles. The quantitative estimate of drug-likeness (QED) is 0.858. The molecule has 1 aromatic rings. The Morgan fingerprint density at radius 3 is 2.43 bits per heavy atom. The van der Waals surface area contributed by atoms with Gasteiger partial charge < -0.3 is 14.6 Å². The van der Waals surface area contributed by atoms with E-state index in [-0.39, 0.29) is 0 Å². The van der Waals surface area contributed by atoms with Crippen molar-refractivity contribution in [1.82, 2.24) is 5.32 Å². The monoisotopic (exact) mass is 332 g/mol. The summed E-state index contributed by atoms with van der Waals surface area (Å²) in [5, 5.41) is 13.0. The van der Waals surface area contributed by atoms with Crippen LogP contribution >= 0.6 is 11.6 Å². The number of halogens is 1. The Hall–Kier alpha value is -1.32. The number of nitriles is 1. The van der Waals surface area contributed by atoms with Crippen molar-refractivity contribution in [3.8, 4) is 6.07 Å². The van der Waals surface area contributed by atoms with Crippen LogP contribution in [0, 0.1) is 11.3 Å². The third kappa shape index (κ3) is 3.78. The molecule has 0 spiro atoms. The molecule has 23 heavy (non-hydrogen) atoms. The summed E-state index contributed by atoms with van der Waals surface area (Å²) in [4.78, 5) is 0. The Morgan fingerprint density at radius 1 is 1.30 bits per heavy atom. The van der Waals surface area contributed by atoms with Crippen molar-refractivity contribution < 1.29 is 9.31 Å². The van der Waals surface area contributed by atoms with Gasteiger partial charge in [-0.25, -0.2) is 0 Å². The van der Waals surface area contributed by atoms with Gasteiger partial charge in [0.05, 0.1) is 22.8 Å². The molecule has 0 saturated carbocycles. The second-order valence-corrected chi connectivity index (χ2v) is 7.12. The van der Waals surface area contributed by atoms with Gasteiger partial charge >= 0.3 is 7.12 Å². The van der Waals surface area contributed by atoms with Crippen LogP contribution in [0.3, 0.4) is 0 Å². The predicted octanol–water partition coefficient (Wildman–Crippen LogP) is 3.45. The van der Waals surface area contributed by atoms with Crippen LogP contribution in [0.25, 0.3) is 6.08 Å². The van der Waals surface area contributed by atoms with Crippen molar-refractivity contribution in [3.63, 3.8) is 0 Å². The lowest BCUT2D eigenvalue weighted by molar-refractivity contribution is 0.00578. The van der Waals surface area contributed by atoms with Crippen molar-refractivity contribution in [2.45, 2.75) is 38.9 Å². The number of nitrogens with one attached hydrogen (secondary N) is 1. The molecule has 0 unspecified atom stereocenters. The van der Waals surface area contributed by atoms with Crippen LogP contribution < -0.4 is 5.32 Å². The van der Waals surface area contributed by atoms with E-state index >= 15 is 0 Å². The van der Waals surface area contributed by atoms with Crippen LogP contribution in [0.4, 0.5) is 0 Å². The smallest absolute Gasteiger partial charge is 0.400 e. The topological polar surface area (TPSA) is 54.3 Å². The van der Waals surface area contributed by atoms with Crippen molar-refractivity contribution in [2.75, 3.05) is 13.6 Å². The molecule has 0 amide bonds. The van der Waals surface area contributed by atoms with Gasteiger partial charge in [0, 0.05) is 11.6 Å².